The van der Waals surface area contributed by atoms with Crippen molar-refractivity contribution in [1.29, 1.82) is 0 Å². The van der Waals surface area contributed by atoms with Crippen LogP contribution in [-0.4, -0.2) is 16.3 Å². The number of nitrogens with one attached hydrogen (secondary N) is 1. The summed E-state index contributed by atoms with van der Waals surface area (Å²) < 4.78 is 39.6. The maximum Gasteiger partial charge on any atom is 0.419 e. The maximum absolute atomic E-state index is 12.7. The minimum Gasteiger partial charge on any atom is -0.308 e. The van der Waals surface area contributed by atoms with Crippen molar-refractivity contribution in [3.63, 3.8) is 0 Å². The number of benzene rings is 1. The summed E-state index contributed by atoms with van der Waals surface area (Å²) >= 11 is 0. The molecular formula is C15H16F3N3. The molecule has 21 heavy (non-hydrogen) atoms. The summed E-state index contributed by atoms with van der Waals surface area (Å²) in [7, 11) is 0. The summed E-state index contributed by atoms with van der Waals surface area (Å²) in [6.07, 6.45) is -1.67. The highest BCUT2D eigenvalue weighted by Gasteiger charge is 2.36. The smallest absolute Gasteiger partial charge is 0.308 e. The van der Waals surface area contributed by atoms with Crippen molar-refractivity contribution < 1.29 is 13.2 Å². The lowest BCUT2D eigenvalue weighted by molar-refractivity contribution is -0.137. The van der Waals surface area contributed by atoms with Crippen molar-refractivity contribution in [3.05, 3.63) is 53.3 Å². The topological polar surface area (TPSA) is 29.9 Å². The van der Waals surface area contributed by atoms with Crippen molar-refractivity contribution >= 4 is 0 Å². The molecule has 3 rings (SSSR count). The Balaban J connectivity index is 1.94. The van der Waals surface area contributed by atoms with Gasteiger partial charge in [-0.2, -0.15) is 18.3 Å². The highest BCUT2D eigenvalue weighted by atomic mass is 19.4. The fourth-order valence-corrected chi connectivity index (χ4v) is 2.95. The summed E-state index contributed by atoms with van der Waals surface area (Å²) in [5.41, 5.74) is 1.61. The van der Waals surface area contributed by atoms with E-state index in [-0.39, 0.29) is 12.1 Å². The van der Waals surface area contributed by atoms with Gasteiger partial charge in [-0.15, -0.1) is 0 Å². The number of likely N-dealkylation sites (N-methyl/N-ethyl adjacent to an activating group) is 1. The maximum atomic E-state index is 12.7. The van der Waals surface area contributed by atoms with E-state index in [0.29, 0.717) is 6.42 Å². The molecule has 0 fully saturated rings. The highest BCUT2D eigenvalue weighted by molar-refractivity contribution is 5.36. The van der Waals surface area contributed by atoms with E-state index in [4.69, 9.17) is 0 Å². The summed E-state index contributed by atoms with van der Waals surface area (Å²) in [5, 5.41) is 7.29. The van der Waals surface area contributed by atoms with Crippen LogP contribution in [0.25, 0.3) is 0 Å². The molecule has 0 spiro atoms. The summed E-state index contributed by atoms with van der Waals surface area (Å²) in [4.78, 5) is 0. The van der Waals surface area contributed by atoms with E-state index in [1.807, 2.05) is 31.2 Å². The Labute approximate surface area is 120 Å². The zero-order valence-electron chi connectivity index (χ0n) is 11.6. The number of fused-ring (bicyclic) bond motifs is 1. The third-order valence-electron chi connectivity index (χ3n) is 3.90. The van der Waals surface area contributed by atoms with Gasteiger partial charge < -0.3 is 5.32 Å². The fourth-order valence-electron chi connectivity index (χ4n) is 2.95. The Bertz CT molecular complexity index is 633. The van der Waals surface area contributed by atoms with Crippen LogP contribution in [0.15, 0.2) is 36.7 Å². The Hall–Kier alpha value is -1.82. The van der Waals surface area contributed by atoms with Crippen LogP contribution in [0.5, 0.6) is 0 Å². The van der Waals surface area contributed by atoms with Crippen molar-refractivity contribution in [2.75, 3.05) is 6.54 Å². The molecule has 2 unspecified atom stereocenters. The molecule has 112 valence electrons. The monoisotopic (exact) mass is 295 g/mol. The quantitative estimate of drug-likeness (QED) is 0.941. The van der Waals surface area contributed by atoms with Crippen LogP contribution in [-0.2, 0) is 12.6 Å². The molecule has 1 N–H and O–H groups in total. The standard InChI is InChI=1S/C15H16F3N3/c1-2-19-14-12-6-4-3-5-10(12)7-13(14)21-9-11(8-20-21)15(16,17)18/h3-6,8-9,13-14,19H,2,7H2,1H3. The average Bonchev–Trinajstić information content (AvgIpc) is 3.03. The van der Waals surface area contributed by atoms with Crippen LogP contribution in [0.4, 0.5) is 13.2 Å². The molecule has 2 aromatic rings. The number of alkyl halides is 3. The zero-order chi connectivity index (χ0) is 15.0. The van der Waals surface area contributed by atoms with E-state index in [2.05, 4.69) is 10.4 Å². The van der Waals surface area contributed by atoms with E-state index in [1.165, 1.54) is 4.68 Å². The number of halogens is 3. The van der Waals surface area contributed by atoms with Gasteiger partial charge in [0.25, 0.3) is 0 Å². The third-order valence-corrected chi connectivity index (χ3v) is 3.90. The van der Waals surface area contributed by atoms with Gasteiger partial charge >= 0.3 is 6.18 Å². The van der Waals surface area contributed by atoms with Crippen molar-refractivity contribution in [2.45, 2.75) is 31.6 Å². The van der Waals surface area contributed by atoms with Crippen LogP contribution in [0, 0.1) is 0 Å². The number of hydrogen-bond acceptors (Lipinski definition) is 2. The van der Waals surface area contributed by atoms with E-state index in [1.54, 1.807) is 0 Å². The van der Waals surface area contributed by atoms with E-state index < -0.39 is 11.7 Å². The molecule has 1 aromatic carbocycles. The Morgan fingerprint density at radius 1 is 1.33 bits per heavy atom. The molecule has 1 aliphatic carbocycles. The molecule has 0 saturated carbocycles. The lowest BCUT2D eigenvalue weighted by atomic mass is 10.1. The molecule has 6 heteroatoms. The predicted molar refractivity (Wildman–Crippen MR) is 72.8 cm³/mol. The molecule has 0 saturated heterocycles. The Morgan fingerprint density at radius 3 is 2.76 bits per heavy atom. The van der Waals surface area contributed by atoms with Gasteiger partial charge in [0.15, 0.2) is 0 Å². The third kappa shape index (κ3) is 2.55. The average molecular weight is 295 g/mol. The van der Waals surface area contributed by atoms with Gasteiger partial charge in [-0.05, 0) is 24.1 Å². The molecule has 1 aliphatic rings. The molecular weight excluding hydrogens is 279 g/mol. The van der Waals surface area contributed by atoms with Gasteiger partial charge in [-0.3, -0.25) is 4.68 Å². The second-order valence-corrected chi connectivity index (χ2v) is 5.21. The first kappa shape index (κ1) is 14.1. The van der Waals surface area contributed by atoms with Crippen LogP contribution in [0.3, 0.4) is 0 Å². The predicted octanol–water partition coefficient (Wildman–Crippen LogP) is 3.35. The Kier molecular flexibility index (Phi) is 3.49. The van der Waals surface area contributed by atoms with Crippen LogP contribution in [0.1, 0.15) is 35.7 Å². The van der Waals surface area contributed by atoms with Gasteiger partial charge in [0.1, 0.15) is 0 Å². The van der Waals surface area contributed by atoms with Gasteiger partial charge in [-0.1, -0.05) is 31.2 Å². The molecule has 0 radical (unpaired) electrons. The van der Waals surface area contributed by atoms with Gasteiger partial charge in [0.2, 0.25) is 0 Å². The van der Waals surface area contributed by atoms with E-state index in [0.717, 1.165) is 30.1 Å². The normalized spacial score (nSPS) is 21.5. The molecule has 2 atom stereocenters. The summed E-state index contributed by atoms with van der Waals surface area (Å²) in [6, 6.07) is 7.82. The number of hydrogen-bond donors (Lipinski definition) is 1. The number of aromatic nitrogens is 2. The van der Waals surface area contributed by atoms with Crippen molar-refractivity contribution in [3.8, 4) is 0 Å². The molecule has 0 bridgehead atoms. The van der Waals surface area contributed by atoms with Crippen molar-refractivity contribution in [2.24, 2.45) is 0 Å². The zero-order valence-corrected chi connectivity index (χ0v) is 11.6. The minimum absolute atomic E-state index is 0.00724. The Morgan fingerprint density at radius 2 is 2.10 bits per heavy atom. The summed E-state index contributed by atoms with van der Waals surface area (Å²) in [5.74, 6) is 0. The van der Waals surface area contributed by atoms with Crippen LogP contribution in [0.2, 0.25) is 0 Å². The first-order chi connectivity index (χ1) is 10.0. The number of nitrogens with zero attached hydrogens (tertiary/aromatic N) is 2. The molecule has 1 aromatic heterocycles. The molecule has 3 nitrogen and oxygen atoms in total. The summed E-state index contributed by atoms with van der Waals surface area (Å²) in [6.45, 7) is 2.74. The van der Waals surface area contributed by atoms with Crippen LogP contribution >= 0.6 is 0 Å². The highest BCUT2D eigenvalue weighted by Crippen LogP contribution is 2.39. The lowest BCUT2D eigenvalue weighted by Crippen LogP contribution is -2.27. The fraction of sp³-hybridized carbons (Fsp3) is 0.400. The van der Waals surface area contributed by atoms with E-state index >= 15 is 0 Å². The van der Waals surface area contributed by atoms with Gasteiger partial charge in [-0.25, -0.2) is 0 Å². The first-order valence-corrected chi connectivity index (χ1v) is 6.93. The van der Waals surface area contributed by atoms with Gasteiger partial charge in [0.05, 0.1) is 23.8 Å². The molecule has 0 amide bonds. The molecule has 0 aliphatic heterocycles. The second-order valence-electron chi connectivity index (χ2n) is 5.21. The van der Waals surface area contributed by atoms with Gasteiger partial charge in [0, 0.05) is 6.20 Å². The number of rotatable bonds is 3. The largest absolute Gasteiger partial charge is 0.419 e. The molecule has 1 heterocycles. The minimum atomic E-state index is -4.35. The van der Waals surface area contributed by atoms with Crippen LogP contribution < -0.4 is 5.32 Å². The SMILES string of the molecule is CCNC1c2ccccc2CC1n1cc(C(F)(F)F)cn1. The first-order valence-electron chi connectivity index (χ1n) is 6.93. The lowest BCUT2D eigenvalue weighted by Gasteiger charge is -2.21. The van der Waals surface area contributed by atoms with E-state index in [9.17, 15) is 13.2 Å². The van der Waals surface area contributed by atoms with Crippen molar-refractivity contribution in [1.82, 2.24) is 15.1 Å². The second kappa shape index (κ2) is 5.18.